The number of thiophene rings is 1. The molecule has 0 saturated heterocycles. The Hall–Kier alpha value is -8.49. The second-order valence-corrected chi connectivity index (χ2v) is 24.0. The highest BCUT2D eigenvalue weighted by Gasteiger charge is 2.33. The number of hydrogen-bond acceptors (Lipinski definition) is 19. The number of carbonyl (C=O) groups excluding carboxylic acids is 4. The van der Waals surface area contributed by atoms with Gasteiger partial charge in [0.05, 0.1) is 37.5 Å². The van der Waals surface area contributed by atoms with Gasteiger partial charge in [-0.2, -0.15) is 16.8 Å². The molecule has 4 aromatic carbocycles. The van der Waals surface area contributed by atoms with Crippen molar-refractivity contribution in [2.45, 2.75) is 79.5 Å². The number of nitrogens with one attached hydrogen (secondary N) is 4. The Morgan fingerprint density at radius 1 is 0.644 bits per heavy atom. The lowest BCUT2D eigenvalue weighted by Gasteiger charge is -2.23. The Morgan fingerprint density at radius 3 is 1.86 bits per heavy atom. The first-order valence-electron chi connectivity index (χ1n) is 28.2. The van der Waals surface area contributed by atoms with Crippen LogP contribution < -0.4 is 32.4 Å². The van der Waals surface area contributed by atoms with Crippen LogP contribution in [0.4, 0.5) is 5.69 Å². The molecule has 12 N–H and O–H groups in total. The summed E-state index contributed by atoms with van der Waals surface area (Å²) in [4.78, 5) is 79.5. The van der Waals surface area contributed by atoms with Gasteiger partial charge >= 0.3 is 11.9 Å². The molecule has 1 aromatic heterocycles. The third kappa shape index (κ3) is 19.0. The average Bonchev–Trinajstić information content (AvgIpc) is 0.815. The van der Waals surface area contributed by atoms with Crippen molar-refractivity contribution in [3.8, 4) is 44.0 Å². The molecule has 2 heterocycles. The van der Waals surface area contributed by atoms with Crippen LogP contribution in [0.15, 0.2) is 128 Å². The number of anilines is 1. The highest BCUT2D eigenvalue weighted by molar-refractivity contribution is 7.86. The fraction of sp³-hybridized carbons (Fsp3) is 0.328. The lowest BCUT2D eigenvalue weighted by Crippen LogP contribution is -2.54. The molecule has 0 bridgehead atoms. The predicted molar refractivity (Wildman–Crippen MR) is 329 cm³/mol. The van der Waals surface area contributed by atoms with Crippen LogP contribution >= 0.6 is 11.3 Å². The van der Waals surface area contributed by atoms with Crippen molar-refractivity contribution in [1.82, 2.24) is 21.3 Å². The third-order valence-corrected chi connectivity index (χ3v) is 16.8. The topological polar surface area (TPSA) is 419 Å². The van der Waals surface area contributed by atoms with Crippen LogP contribution in [0.2, 0.25) is 0 Å². The van der Waals surface area contributed by atoms with Gasteiger partial charge in [-0.25, -0.2) is 0 Å². The number of fused-ring (bicyclic) bond motifs is 2. The molecule has 1 unspecified atom stereocenters. The first kappa shape index (κ1) is 69.0. The summed E-state index contributed by atoms with van der Waals surface area (Å²) in [5.41, 5.74) is 8.34. The van der Waals surface area contributed by atoms with Crippen molar-refractivity contribution in [2.24, 2.45) is 4.99 Å². The number of nitrogen functional groups attached to an aromatic ring is 1. The number of aryl methyl sites for hydroxylation is 1. The number of amides is 4. The van der Waals surface area contributed by atoms with Crippen LogP contribution in [0, 0.1) is 0 Å². The van der Waals surface area contributed by atoms with Crippen LogP contribution in [0.5, 0.6) is 0 Å². The molecular weight excluding hydrogens is 1230 g/mol. The van der Waals surface area contributed by atoms with E-state index in [1.54, 1.807) is 11.3 Å². The number of carboxylic acids is 2. The van der Waals surface area contributed by atoms with Gasteiger partial charge in [0.1, 0.15) is 12.1 Å². The van der Waals surface area contributed by atoms with E-state index < -0.39 is 114 Å². The minimum atomic E-state index is -5.18. The number of carbonyl (C=O) groups is 6. The normalized spacial score (nSPS) is 12.7. The summed E-state index contributed by atoms with van der Waals surface area (Å²) in [6.07, 6.45) is -2.73. The van der Waals surface area contributed by atoms with Gasteiger partial charge in [0, 0.05) is 85.1 Å². The van der Waals surface area contributed by atoms with Gasteiger partial charge in [-0.1, -0.05) is 60.7 Å². The minimum Gasteiger partial charge on any atom is -0.481 e. The van der Waals surface area contributed by atoms with Crippen molar-refractivity contribution in [2.75, 3.05) is 65.5 Å². The fourth-order valence-electron chi connectivity index (χ4n) is 9.60. The predicted octanol–water partition coefficient (Wildman–Crippen LogP) is 5.20. The van der Waals surface area contributed by atoms with E-state index in [0.29, 0.717) is 19.3 Å². The second kappa shape index (κ2) is 32.3. The zero-order chi connectivity index (χ0) is 65.1. The molecule has 0 radical (unpaired) electrons. The maximum Gasteiger partial charge on any atom is 0.303 e. The van der Waals surface area contributed by atoms with Crippen molar-refractivity contribution >= 4 is 83.8 Å². The number of aliphatic hydroxyl groups is 2. The quantitative estimate of drug-likeness (QED) is 0.00812. The molecule has 1 aliphatic heterocycles. The van der Waals surface area contributed by atoms with Gasteiger partial charge in [0.2, 0.25) is 17.7 Å². The van der Waals surface area contributed by atoms with Gasteiger partial charge in [-0.3, -0.25) is 42.9 Å². The van der Waals surface area contributed by atoms with Crippen LogP contribution in [0.1, 0.15) is 72.7 Å². The molecule has 1 aliphatic carbocycles. The lowest BCUT2D eigenvalue weighted by atomic mass is 9.89. The molecule has 0 saturated carbocycles. The largest absolute Gasteiger partial charge is 0.481 e. The molecule has 0 fully saturated rings. The van der Waals surface area contributed by atoms with E-state index in [9.17, 15) is 75.1 Å². The smallest absolute Gasteiger partial charge is 0.303 e. The van der Waals surface area contributed by atoms with Gasteiger partial charge in [-0.15, -0.1) is 11.3 Å². The molecule has 5 aromatic rings. The number of rotatable bonds is 34. The number of aliphatic carboxylic acids is 2. The highest BCUT2D eigenvalue weighted by atomic mass is 32.2. The van der Waals surface area contributed by atoms with Crippen molar-refractivity contribution in [3.05, 3.63) is 131 Å². The summed E-state index contributed by atoms with van der Waals surface area (Å²) in [6.45, 7) is 1.36. The Labute approximate surface area is 520 Å². The Balaban J connectivity index is 0.814. The summed E-state index contributed by atoms with van der Waals surface area (Å²) in [6, 6.07) is 25.9. The Morgan fingerprint density at radius 2 is 1.26 bits per heavy atom. The number of nitrogens with zero attached hydrogens (tertiary/aromatic N) is 1. The Kier molecular flexibility index (Phi) is 24.8. The van der Waals surface area contributed by atoms with E-state index in [1.807, 2.05) is 54.6 Å². The van der Waals surface area contributed by atoms with E-state index in [1.165, 1.54) is 43.4 Å². The van der Waals surface area contributed by atoms with E-state index in [-0.39, 0.29) is 111 Å². The summed E-state index contributed by atoms with van der Waals surface area (Å²) in [5, 5.41) is 51.9. The Bertz CT molecular complexity index is 3970. The first-order chi connectivity index (χ1) is 42.9. The monoisotopic (exact) mass is 1300 g/mol. The highest BCUT2D eigenvalue weighted by Crippen LogP contribution is 2.46. The number of nitrogens with two attached hydrogens (primary N) is 1. The molecule has 26 nitrogen and oxygen atoms in total. The molecule has 2 aliphatic rings. The average molecular weight is 1300 g/mol. The first-order valence-corrected chi connectivity index (χ1v) is 32.0. The van der Waals surface area contributed by atoms with Crippen molar-refractivity contribution in [3.63, 3.8) is 0 Å². The molecule has 29 heteroatoms. The number of aliphatic hydroxyl groups excluding tert-OH is 1. The maximum absolute atomic E-state index is 13.5. The SMILES string of the molecule is C/N=c1\ccc2c(-c3cc(C(=O)NCCCOCCOCCOCCCNC(=O)C(CCC(=O)O)NC(=O)[C@H](CCC(=O)O)NC(=O)CCc4ccc(-c5cc(-c6ccccc6)cs5)cc4)ccc3C(O)O)c3ccc(N)c(S(=O)(=O)O)c3oc-2c1S(=O)(=O)O. The van der Waals surface area contributed by atoms with Crippen molar-refractivity contribution in [1.29, 1.82) is 0 Å². The molecule has 2 atom stereocenters. The number of carboxylic acid groups (broad SMARTS) is 2. The van der Waals surface area contributed by atoms with Gasteiger partial charge in [-0.05, 0) is 108 Å². The maximum atomic E-state index is 13.5. The number of benzene rings is 5. The second-order valence-electron chi connectivity index (χ2n) is 20.4. The summed E-state index contributed by atoms with van der Waals surface area (Å²) in [5.74, 6) is -5.75. The molecule has 90 heavy (non-hydrogen) atoms. The van der Waals surface area contributed by atoms with E-state index in [4.69, 9.17) is 24.4 Å². The van der Waals surface area contributed by atoms with Crippen LogP contribution in [-0.4, -0.2) is 154 Å². The lowest BCUT2D eigenvalue weighted by molar-refractivity contribution is -0.139. The molecule has 480 valence electrons. The van der Waals surface area contributed by atoms with E-state index in [0.717, 1.165) is 33.2 Å². The van der Waals surface area contributed by atoms with E-state index in [2.05, 4.69) is 37.7 Å². The van der Waals surface area contributed by atoms with Gasteiger partial charge in [0.15, 0.2) is 27.4 Å². The third-order valence-electron chi connectivity index (χ3n) is 14.0. The van der Waals surface area contributed by atoms with Crippen LogP contribution in [0.25, 0.3) is 55.0 Å². The number of ether oxygens (including phenoxy) is 3. The van der Waals surface area contributed by atoms with Gasteiger partial charge < -0.3 is 66.1 Å². The summed E-state index contributed by atoms with van der Waals surface area (Å²) < 4.78 is 94.0. The fourth-order valence-corrected chi connectivity index (χ4v) is 12.1. The van der Waals surface area contributed by atoms with E-state index >= 15 is 0 Å². The molecular formula is C61H68N6O20S3. The van der Waals surface area contributed by atoms with Crippen LogP contribution in [-0.2, 0) is 64.8 Å². The molecule has 7 rings (SSSR count). The summed E-state index contributed by atoms with van der Waals surface area (Å²) in [7, 11) is -9.12. The minimum absolute atomic E-state index is 0.0204. The molecule has 4 amide bonds. The zero-order valence-electron chi connectivity index (χ0n) is 48.6. The molecule has 0 spiro atoms. The van der Waals surface area contributed by atoms with Gasteiger partial charge in [0.25, 0.3) is 26.1 Å². The van der Waals surface area contributed by atoms with Crippen LogP contribution in [0.3, 0.4) is 0 Å². The zero-order valence-corrected chi connectivity index (χ0v) is 51.0. The standard InChI is InChI=1S/C61H68N6O20S3/c1-63-46-19-17-43-53(42-16-18-45(62)56(89(78,79)80)54(42)87-55(43)57(46)90(81,82)83)44-33-39(14-15-41(44)61(76)77)58(73)64-25-5-27-84-29-31-86-32-30-85-28-6-26-65-59(74)47(20-23-51(69)70)67-60(75)48(21-24-52(71)72)66-50(68)22-11-36-9-12-38(13-10-36)49-34-40(35-88-49)37-7-3-2-4-8-37/h2-4,7-10,12-19,33-35,47-48,61,76-77H,5-6,11,20-32,62H2,1H3,(H,64,73)(H,65,74)(H,66,68)(H,67,75)(H,69,70)(H,71,72)(H,78,79,80)(H,81,82,83)/b63-46+/t47?,48-/m0/s1. The van der Waals surface area contributed by atoms with Crippen molar-refractivity contribution < 1.29 is 93.8 Å². The summed E-state index contributed by atoms with van der Waals surface area (Å²) >= 11 is 1.62. The number of hydrogen-bond donors (Lipinski definition) is 11.